The van der Waals surface area contributed by atoms with E-state index in [1.807, 2.05) is 30.3 Å². The van der Waals surface area contributed by atoms with E-state index in [4.69, 9.17) is 0 Å². The summed E-state index contributed by atoms with van der Waals surface area (Å²) in [6.45, 7) is 0. The molecule has 0 heterocycles. The molecule has 4 aliphatic rings. The van der Waals surface area contributed by atoms with Crippen LogP contribution in [0, 0.1) is 17.8 Å². The Balaban J connectivity index is 1.57. The topological polar surface area (TPSA) is 46.2 Å². The quantitative estimate of drug-likeness (QED) is 0.897. The van der Waals surface area contributed by atoms with Crippen molar-refractivity contribution < 1.29 is 9.59 Å². The standard InChI is InChI=1S/C17H19NO2/c19-15-13-6-11-7-14(15)10-17(8-11,9-13)18-16(20)12-4-2-1-3-5-12/h1-5,11,13-14H,6-10H2,(H,18,20). The van der Waals surface area contributed by atoms with E-state index in [1.54, 1.807) is 0 Å². The Morgan fingerprint density at radius 1 is 1.05 bits per heavy atom. The van der Waals surface area contributed by atoms with Gasteiger partial charge in [-0.3, -0.25) is 9.59 Å². The van der Waals surface area contributed by atoms with E-state index < -0.39 is 0 Å². The van der Waals surface area contributed by atoms with Crippen molar-refractivity contribution in [2.24, 2.45) is 17.8 Å². The van der Waals surface area contributed by atoms with Gasteiger partial charge in [0.05, 0.1) is 0 Å². The number of Topliss-reactive ketones (excluding diaryl/α,β-unsaturated/α-hetero) is 1. The van der Waals surface area contributed by atoms with Crippen molar-refractivity contribution in [3.8, 4) is 0 Å². The van der Waals surface area contributed by atoms with Gasteiger partial charge in [-0.25, -0.2) is 0 Å². The third-order valence-corrected chi connectivity index (χ3v) is 5.41. The van der Waals surface area contributed by atoms with Crippen LogP contribution in [0.3, 0.4) is 0 Å². The van der Waals surface area contributed by atoms with Crippen LogP contribution in [0.5, 0.6) is 0 Å². The Bertz CT molecular complexity index is 548. The third kappa shape index (κ3) is 1.80. The van der Waals surface area contributed by atoms with Crippen LogP contribution in [0.25, 0.3) is 0 Å². The van der Waals surface area contributed by atoms with Crippen molar-refractivity contribution in [1.29, 1.82) is 0 Å². The number of ketones is 1. The van der Waals surface area contributed by atoms with E-state index >= 15 is 0 Å². The molecule has 4 bridgehead atoms. The monoisotopic (exact) mass is 269 g/mol. The minimum Gasteiger partial charge on any atom is -0.347 e. The van der Waals surface area contributed by atoms with Gasteiger partial charge in [0.1, 0.15) is 5.78 Å². The second-order valence-corrected chi connectivity index (χ2v) is 6.85. The summed E-state index contributed by atoms with van der Waals surface area (Å²) < 4.78 is 0. The predicted molar refractivity (Wildman–Crippen MR) is 75.2 cm³/mol. The van der Waals surface area contributed by atoms with E-state index in [0.29, 0.717) is 11.7 Å². The SMILES string of the molecule is O=C(NC12CC3CC(C1)C(=O)C(C3)C2)c1ccccc1. The molecule has 4 saturated carbocycles. The van der Waals surface area contributed by atoms with Gasteiger partial charge in [0.15, 0.2) is 0 Å². The normalized spacial score (nSPS) is 38.0. The van der Waals surface area contributed by atoms with Crippen LogP contribution in [0.4, 0.5) is 0 Å². The maximum Gasteiger partial charge on any atom is 0.251 e. The van der Waals surface area contributed by atoms with Gasteiger partial charge in [0.2, 0.25) is 0 Å². The summed E-state index contributed by atoms with van der Waals surface area (Å²) in [5, 5.41) is 3.27. The zero-order valence-corrected chi connectivity index (χ0v) is 11.5. The molecule has 4 fully saturated rings. The van der Waals surface area contributed by atoms with Gasteiger partial charge in [-0.2, -0.15) is 0 Å². The number of carbonyl (C=O) groups excluding carboxylic acids is 2. The number of amides is 1. The molecule has 0 radical (unpaired) electrons. The molecular formula is C17H19NO2. The fourth-order valence-electron chi connectivity index (χ4n) is 4.80. The summed E-state index contributed by atoms with van der Waals surface area (Å²) in [4.78, 5) is 24.6. The van der Waals surface area contributed by atoms with Crippen molar-refractivity contribution >= 4 is 11.7 Å². The van der Waals surface area contributed by atoms with E-state index in [1.165, 1.54) is 0 Å². The maximum atomic E-state index is 12.4. The van der Waals surface area contributed by atoms with Gasteiger partial charge in [-0.1, -0.05) is 18.2 Å². The van der Waals surface area contributed by atoms with Gasteiger partial charge in [-0.15, -0.1) is 0 Å². The zero-order chi connectivity index (χ0) is 13.7. The average molecular weight is 269 g/mol. The van der Waals surface area contributed by atoms with Gasteiger partial charge < -0.3 is 5.32 Å². The van der Waals surface area contributed by atoms with Crippen molar-refractivity contribution in [2.75, 3.05) is 0 Å². The molecular weight excluding hydrogens is 250 g/mol. The lowest BCUT2D eigenvalue weighted by Gasteiger charge is -2.55. The highest BCUT2D eigenvalue weighted by molar-refractivity contribution is 5.95. The van der Waals surface area contributed by atoms with E-state index in [2.05, 4.69) is 5.32 Å². The number of benzene rings is 1. The van der Waals surface area contributed by atoms with E-state index in [9.17, 15) is 9.59 Å². The first-order chi connectivity index (χ1) is 9.65. The first-order valence-electron chi connectivity index (χ1n) is 7.56. The lowest BCUT2D eigenvalue weighted by atomic mass is 9.52. The van der Waals surface area contributed by atoms with E-state index in [0.717, 1.165) is 37.7 Å². The molecule has 1 aromatic carbocycles. The van der Waals surface area contributed by atoms with Crippen LogP contribution in [-0.4, -0.2) is 17.2 Å². The Morgan fingerprint density at radius 3 is 2.35 bits per heavy atom. The summed E-state index contributed by atoms with van der Waals surface area (Å²) >= 11 is 0. The minimum absolute atomic E-state index is 0.0139. The zero-order valence-electron chi connectivity index (χ0n) is 11.5. The van der Waals surface area contributed by atoms with Crippen molar-refractivity contribution in [3.63, 3.8) is 0 Å². The highest BCUT2D eigenvalue weighted by atomic mass is 16.2. The maximum absolute atomic E-state index is 12.4. The summed E-state index contributed by atoms with van der Waals surface area (Å²) in [5.74, 6) is 1.53. The molecule has 0 saturated heterocycles. The van der Waals surface area contributed by atoms with Crippen LogP contribution in [-0.2, 0) is 4.79 Å². The van der Waals surface area contributed by atoms with Crippen LogP contribution in [0.2, 0.25) is 0 Å². The number of hydrogen-bond donors (Lipinski definition) is 1. The molecule has 0 aromatic heterocycles. The molecule has 104 valence electrons. The molecule has 0 spiro atoms. The van der Waals surface area contributed by atoms with Gasteiger partial charge >= 0.3 is 0 Å². The second kappa shape index (κ2) is 4.18. The molecule has 1 amide bonds. The predicted octanol–water partition coefficient (Wildman–Crippen LogP) is 2.56. The number of carbonyl (C=O) groups is 2. The van der Waals surface area contributed by atoms with Crippen molar-refractivity contribution in [2.45, 2.75) is 37.6 Å². The number of rotatable bonds is 2. The fraction of sp³-hybridized carbons (Fsp3) is 0.529. The summed E-state index contributed by atoms with van der Waals surface area (Å²) in [6, 6.07) is 9.39. The Hall–Kier alpha value is -1.64. The first-order valence-corrected chi connectivity index (χ1v) is 7.56. The summed E-state index contributed by atoms with van der Waals surface area (Å²) in [6.07, 6.45) is 4.89. The summed E-state index contributed by atoms with van der Waals surface area (Å²) in [5.41, 5.74) is 0.603. The third-order valence-electron chi connectivity index (χ3n) is 5.41. The van der Waals surface area contributed by atoms with Crippen molar-refractivity contribution in [1.82, 2.24) is 5.32 Å². The lowest BCUT2D eigenvalue weighted by molar-refractivity contribution is -0.142. The van der Waals surface area contributed by atoms with Crippen LogP contribution in [0.15, 0.2) is 30.3 Å². The summed E-state index contributed by atoms with van der Waals surface area (Å²) in [7, 11) is 0. The molecule has 5 rings (SSSR count). The Labute approximate surface area is 118 Å². The molecule has 2 atom stereocenters. The molecule has 20 heavy (non-hydrogen) atoms. The highest BCUT2D eigenvalue weighted by Gasteiger charge is 2.55. The highest BCUT2D eigenvalue weighted by Crippen LogP contribution is 2.54. The first kappa shape index (κ1) is 12.1. The Morgan fingerprint density at radius 2 is 1.70 bits per heavy atom. The molecule has 1 aromatic rings. The van der Waals surface area contributed by atoms with Gasteiger partial charge in [0.25, 0.3) is 5.91 Å². The fourth-order valence-corrected chi connectivity index (χ4v) is 4.80. The van der Waals surface area contributed by atoms with E-state index in [-0.39, 0.29) is 23.3 Å². The molecule has 0 aliphatic heterocycles. The molecule has 4 aliphatic carbocycles. The molecule has 1 N–H and O–H groups in total. The Kier molecular flexibility index (Phi) is 2.53. The molecule has 3 nitrogen and oxygen atoms in total. The average Bonchev–Trinajstić information content (AvgIpc) is 2.44. The smallest absolute Gasteiger partial charge is 0.251 e. The van der Waals surface area contributed by atoms with Crippen LogP contribution in [0.1, 0.15) is 42.5 Å². The van der Waals surface area contributed by atoms with Crippen LogP contribution >= 0.6 is 0 Å². The molecule has 3 heteroatoms. The van der Waals surface area contributed by atoms with Gasteiger partial charge in [-0.05, 0) is 50.2 Å². The van der Waals surface area contributed by atoms with Gasteiger partial charge in [0, 0.05) is 22.9 Å². The largest absolute Gasteiger partial charge is 0.347 e. The van der Waals surface area contributed by atoms with Crippen LogP contribution < -0.4 is 5.32 Å². The lowest BCUT2D eigenvalue weighted by Crippen LogP contribution is -2.62. The molecule has 2 unspecified atom stereocenters. The number of hydrogen-bond acceptors (Lipinski definition) is 2. The minimum atomic E-state index is -0.114. The number of nitrogens with one attached hydrogen (secondary N) is 1. The van der Waals surface area contributed by atoms with Crippen molar-refractivity contribution in [3.05, 3.63) is 35.9 Å². The second-order valence-electron chi connectivity index (χ2n) is 6.85.